The predicted molar refractivity (Wildman–Crippen MR) is 118 cm³/mol. The van der Waals surface area contributed by atoms with Crippen molar-refractivity contribution in [3.8, 4) is 0 Å². The van der Waals surface area contributed by atoms with Crippen LogP contribution in [0.2, 0.25) is 0 Å². The lowest BCUT2D eigenvalue weighted by atomic mass is 10.2. The summed E-state index contributed by atoms with van der Waals surface area (Å²) in [5.41, 5.74) is 1.19. The fraction of sp³-hybridized carbons (Fsp3) is 0.455. The molecule has 0 aliphatic rings. The zero-order valence-corrected chi connectivity index (χ0v) is 18.1. The van der Waals surface area contributed by atoms with Crippen molar-refractivity contribution < 1.29 is 9.21 Å². The SMILES string of the molecule is Cc1ccc(C(C)NC(=NCC(=O)N(C)C)NCCCN(C)c2ccccc2)o1. The highest BCUT2D eigenvalue weighted by molar-refractivity contribution is 5.84. The van der Waals surface area contributed by atoms with E-state index in [2.05, 4.69) is 39.7 Å². The van der Waals surface area contributed by atoms with Gasteiger partial charge < -0.3 is 24.9 Å². The molecular formula is C22H33N5O2. The quantitative estimate of drug-likeness (QED) is 0.385. The number of carbonyl (C=O) groups is 1. The summed E-state index contributed by atoms with van der Waals surface area (Å²) in [6, 6.07) is 14.1. The van der Waals surface area contributed by atoms with Gasteiger partial charge in [0.2, 0.25) is 5.91 Å². The summed E-state index contributed by atoms with van der Waals surface area (Å²) in [7, 11) is 5.54. The van der Waals surface area contributed by atoms with Gasteiger partial charge in [0.1, 0.15) is 18.1 Å². The molecular weight excluding hydrogens is 366 g/mol. The van der Waals surface area contributed by atoms with Gasteiger partial charge >= 0.3 is 0 Å². The number of hydrogen-bond acceptors (Lipinski definition) is 4. The number of rotatable bonds is 9. The van der Waals surface area contributed by atoms with Gasteiger partial charge in [0.05, 0.1) is 6.04 Å². The van der Waals surface area contributed by atoms with Gasteiger partial charge in [-0.05, 0) is 44.5 Å². The molecule has 0 fully saturated rings. The number of guanidine groups is 1. The minimum Gasteiger partial charge on any atom is -0.464 e. The number of benzene rings is 1. The minimum absolute atomic E-state index is 0.0450. The molecule has 1 unspecified atom stereocenters. The van der Waals surface area contributed by atoms with E-state index in [9.17, 15) is 4.79 Å². The maximum absolute atomic E-state index is 11.9. The first-order valence-corrected chi connectivity index (χ1v) is 9.94. The molecule has 0 saturated carbocycles. The molecule has 1 heterocycles. The van der Waals surface area contributed by atoms with Crippen molar-refractivity contribution >= 4 is 17.6 Å². The second kappa shape index (κ2) is 11.1. The van der Waals surface area contributed by atoms with Crippen LogP contribution in [0.3, 0.4) is 0 Å². The first-order chi connectivity index (χ1) is 13.9. The van der Waals surface area contributed by atoms with Crippen LogP contribution in [-0.4, -0.2) is 57.5 Å². The third-order valence-electron chi connectivity index (χ3n) is 4.57. The van der Waals surface area contributed by atoms with Gasteiger partial charge in [-0.3, -0.25) is 4.79 Å². The van der Waals surface area contributed by atoms with Crippen LogP contribution in [0.1, 0.15) is 30.9 Å². The summed E-state index contributed by atoms with van der Waals surface area (Å²) < 4.78 is 5.69. The molecule has 158 valence electrons. The van der Waals surface area contributed by atoms with Crippen molar-refractivity contribution in [3.63, 3.8) is 0 Å². The van der Waals surface area contributed by atoms with Crippen LogP contribution < -0.4 is 15.5 Å². The van der Waals surface area contributed by atoms with Crippen molar-refractivity contribution in [2.75, 3.05) is 45.7 Å². The van der Waals surface area contributed by atoms with Gasteiger partial charge in [0.15, 0.2) is 5.96 Å². The summed E-state index contributed by atoms with van der Waals surface area (Å²) in [5, 5.41) is 6.65. The van der Waals surface area contributed by atoms with E-state index in [1.165, 1.54) is 10.6 Å². The summed E-state index contributed by atoms with van der Waals surface area (Å²) in [5.74, 6) is 2.26. The highest BCUT2D eigenvalue weighted by atomic mass is 16.3. The molecule has 2 aromatic rings. The summed E-state index contributed by atoms with van der Waals surface area (Å²) >= 11 is 0. The lowest BCUT2D eigenvalue weighted by Gasteiger charge is -2.20. The number of likely N-dealkylation sites (N-methyl/N-ethyl adjacent to an activating group) is 1. The molecule has 1 aromatic carbocycles. The van der Waals surface area contributed by atoms with Gasteiger partial charge in [-0.2, -0.15) is 0 Å². The van der Waals surface area contributed by atoms with E-state index < -0.39 is 0 Å². The van der Waals surface area contributed by atoms with Crippen LogP contribution in [0.25, 0.3) is 0 Å². The lowest BCUT2D eigenvalue weighted by Crippen LogP contribution is -2.40. The van der Waals surface area contributed by atoms with Crippen LogP contribution in [0.5, 0.6) is 0 Å². The number of aliphatic imine (C=N–C) groups is 1. The average molecular weight is 400 g/mol. The van der Waals surface area contributed by atoms with E-state index in [-0.39, 0.29) is 18.5 Å². The third-order valence-corrected chi connectivity index (χ3v) is 4.57. The monoisotopic (exact) mass is 399 g/mol. The highest BCUT2D eigenvalue weighted by Gasteiger charge is 2.12. The molecule has 2 N–H and O–H groups in total. The van der Waals surface area contributed by atoms with E-state index in [4.69, 9.17) is 4.42 Å². The molecule has 0 radical (unpaired) electrons. The number of amides is 1. The van der Waals surface area contributed by atoms with Crippen LogP contribution in [-0.2, 0) is 4.79 Å². The molecule has 29 heavy (non-hydrogen) atoms. The largest absolute Gasteiger partial charge is 0.464 e. The summed E-state index contributed by atoms with van der Waals surface area (Å²) in [6.45, 7) is 5.67. The number of hydrogen-bond donors (Lipinski definition) is 2. The molecule has 7 heteroatoms. The fourth-order valence-corrected chi connectivity index (χ4v) is 2.74. The standard InChI is InChI=1S/C22H33N5O2/c1-17-12-13-20(29-17)18(2)25-22(24-16-21(28)26(3)4)23-14-9-15-27(5)19-10-7-6-8-11-19/h6-8,10-13,18H,9,14-16H2,1-5H3,(H2,23,24,25). The Morgan fingerprint density at radius 3 is 2.48 bits per heavy atom. The minimum atomic E-state index is -0.0589. The normalized spacial score (nSPS) is 12.4. The van der Waals surface area contributed by atoms with Gasteiger partial charge in [-0.15, -0.1) is 0 Å². The van der Waals surface area contributed by atoms with E-state index >= 15 is 0 Å². The van der Waals surface area contributed by atoms with Crippen LogP contribution in [0.15, 0.2) is 51.9 Å². The average Bonchev–Trinajstić information content (AvgIpc) is 3.15. The Hall–Kier alpha value is -2.96. The number of anilines is 1. The van der Waals surface area contributed by atoms with E-state index in [1.54, 1.807) is 14.1 Å². The van der Waals surface area contributed by atoms with Crippen molar-refractivity contribution in [3.05, 3.63) is 54.0 Å². The molecule has 1 amide bonds. The Kier molecular flexibility index (Phi) is 8.58. The fourth-order valence-electron chi connectivity index (χ4n) is 2.74. The number of nitrogens with zero attached hydrogens (tertiary/aromatic N) is 3. The van der Waals surface area contributed by atoms with Crippen LogP contribution in [0, 0.1) is 6.92 Å². The maximum atomic E-state index is 11.9. The Bertz CT molecular complexity index is 786. The van der Waals surface area contributed by atoms with Gasteiger partial charge in [0.25, 0.3) is 0 Å². The Balaban J connectivity index is 1.90. The van der Waals surface area contributed by atoms with Crippen molar-refractivity contribution in [2.24, 2.45) is 4.99 Å². The number of para-hydroxylation sites is 1. The Labute approximate surface area is 173 Å². The second-order valence-corrected chi connectivity index (χ2v) is 7.30. The zero-order valence-electron chi connectivity index (χ0n) is 18.1. The van der Waals surface area contributed by atoms with Crippen molar-refractivity contribution in [1.82, 2.24) is 15.5 Å². The molecule has 0 aliphatic heterocycles. The zero-order chi connectivity index (χ0) is 21.2. The molecule has 2 rings (SSSR count). The summed E-state index contributed by atoms with van der Waals surface area (Å²) in [4.78, 5) is 20.1. The molecule has 0 saturated heterocycles. The molecule has 0 aliphatic carbocycles. The Morgan fingerprint density at radius 2 is 1.86 bits per heavy atom. The number of furan rings is 1. The first-order valence-electron chi connectivity index (χ1n) is 9.94. The smallest absolute Gasteiger partial charge is 0.243 e. The number of carbonyl (C=O) groups excluding carboxylic acids is 1. The third kappa shape index (κ3) is 7.52. The van der Waals surface area contributed by atoms with Gasteiger partial charge in [0, 0.05) is 39.9 Å². The molecule has 0 spiro atoms. The van der Waals surface area contributed by atoms with E-state index in [0.717, 1.165) is 31.0 Å². The predicted octanol–water partition coefficient (Wildman–Crippen LogP) is 2.80. The van der Waals surface area contributed by atoms with Gasteiger partial charge in [-0.1, -0.05) is 18.2 Å². The maximum Gasteiger partial charge on any atom is 0.243 e. The van der Waals surface area contributed by atoms with Gasteiger partial charge in [-0.25, -0.2) is 4.99 Å². The Morgan fingerprint density at radius 1 is 1.14 bits per heavy atom. The highest BCUT2D eigenvalue weighted by Crippen LogP contribution is 2.15. The van der Waals surface area contributed by atoms with Crippen LogP contribution in [0.4, 0.5) is 5.69 Å². The lowest BCUT2D eigenvalue weighted by molar-refractivity contribution is -0.127. The second-order valence-electron chi connectivity index (χ2n) is 7.30. The van der Waals surface area contributed by atoms with Crippen LogP contribution >= 0.6 is 0 Å². The van der Waals surface area contributed by atoms with Crippen molar-refractivity contribution in [1.29, 1.82) is 0 Å². The molecule has 0 bridgehead atoms. The molecule has 1 aromatic heterocycles. The summed E-state index contributed by atoms with van der Waals surface area (Å²) in [6.07, 6.45) is 0.933. The van der Waals surface area contributed by atoms with E-state index in [0.29, 0.717) is 5.96 Å². The van der Waals surface area contributed by atoms with Crippen molar-refractivity contribution in [2.45, 2.75) is 26.3 Å². The molecule has 7 nitrogen and oxygen atoms in total. The van der Waals surface area contributed by atoms with E-state index in [1.807, 2.05) is 44.2 Å². The number of aryl methyl sites for hydroxylation is 1. The molecule has 1 atom stereocenters. The first kappa shape index (κ1) is 22.3. The number of nitrogens with one attached hydrogen (secondary N) is 2. The topological polar surface area (TPSA) is 73.1 Å².